The van der Waals surface area contributed by atoms with E-state index in [1.165, 1.54) is 0 Å². The van der Waals surface area contributed by atoms with Crippen LogP contribution in [-0.2, 0) is 4.79 Å². The molecular weight excluding hydrogens is 150 g/mol. The van der Waals surface area contributed by atoms with Crippen LogP contribution in [0.5, 0.6) is 0 Å². The highest BCUT2D eigenvalue weighted by Gasteiger charge is 2.14. The fraction of sp³-hybridized carbons (Fsp3) is 0.700. The molecule has 0 aromatic rings. The molecule has 0 aliphatic rings. The van der Waals surface area contributed by atoms with Gasteiger partial charge < -0.3 is 4.90 Å². The van der Waals surface area contributed by atoms with Crippen LogP contribution in [0.2, 0.25) is 0 Å². The van der Waals surface area contributed by atoms with E-state index in [0.29, 0.717) is 6.54 Å². The van der Waals surface area contributed by atoms with Crippen LogP contribution >= 0.6 is 0 Å². The minimum atomic E-state index is 0.0873. The summed E-state index contributed by atoms with van der Waals surface area (Å²) in [4.78, 5) is 13.3. The van der Waals surface area contributed by atoms with Gasteiger partial charge in [0.1, 0.15) is 0 Å². The van der Waals surface area contributed by atoms with Gasteiger partial charge in [-0.3, -0.25) is 4.79 Å². The SMILES string of the molecule is C=C(C)CN(CC)C(=O)C(C)C. The van der Waals surface area contributed by atoms with Crippen molar-refractivity contribution in [2.24, 2.45) is 5.92 Å². The van der Waals surface area contributed by atoms with E-state index in [-0.39, 0.29) is 11.8 Å². The summed E-state index contributed by atoms with van der Waals surface area (Å²) in [6.45, 7) is 13.0. The normalized spacial score (nSPS) is 10.1. The molecule has 0 bridgehead atoms. The second-order valence-electron chi connectivity index (χ2n) is 3.46. The molecule has 0 saturated carbocycles. The Morgan fingerprint density at radius 2 is 2.00 bits per heavy atom. The van der Waals surface area contributed by atoms with Crippen LogP contribution in [-0.4, -0.2) is 23.9 Å². The van der Waals surface area contributed by atoms with Gasteiger partial charge in [0, 0.05) is 19.0 Å². The molecule has 0 aliphatic heterocycles. The summed E-state index contributed by atoms with van der Waals surface area (Å²) in [6.07, 6.45) is 0. The fourth-order valence-corrected chi connectivity index (χ4v) is 1.04. The van der Waals surface area contributed by atoms with E-state index in [9.17, 15) is 4.79 Å². The summed E-state index contributed by atoms with van der Waals surface area (Å²) in [6, 6.07) is 0. The second kappa shape index (κ2) is 4.96. The van der Waals surface area contributed by atoms with Crippen molar-refractivity contribution >= 4 is 5.91 Å². The Morgan fingerprint density at radius 1 is 1.50 bits per heavy atom. The van der Waals surface area contributed by atoms with Crippen molar-refractivity contribution in [1.82, 2.24) is 4.90 Å². The minimum absolute atomic E-state index is 0.0873. The molecule has 12 heavy (non-hydrogen) atoms. The number of carbonyl (C=O) groups is 1. The maximum atomic E-state index is 11.5. The largest absolute Gasteiger partial charge is 0.339 e. The van der Waals surface area contributed by atoms with E-state index in [1.807, 2.05) is 32.6 Å². The van der Waals surface area contributed by atoms with Gasteiger partial charge in [0.05, 0.1) is 0 Å². The van der Waals surface area contributed by atoms with Crippen molar-refractivity contribution in [2.45, 2.75) is 27.7 Å². The summed E-state index contributed by atoms with van der Waals surface area (Å²) < 4.78 is 0. The lowest BCUT2D eigenvalue weighted by Gasteiger charge is -2.22. The molecule has 0 aromatic heterocycles. The minimum Gasteiger partial charge on any atom is -0.339 e. The van der Waals surface area contributed by atoms with Gasteiger partial charge in [0.25, 0.3) is 0 Å². The highest BCUT2D eigenvalue weighted by molar-refractivity contribution is 5.78. The number of likely N-dealkylation sites (N-methyl/N-ethyl adjacent to an activating group) is 1. The fourth-order valence-electron chi connectivity index (χ4n) is 1.04. The molecule has 0 atom stereocenters. The van der Waals surface area contributed by atoms with Gasteiger partial charge in [-0.25, -0.2) is 0 Å². The first-order valence-corrected chi connectivity index (χ1v) is 4.42. The van der Waals surface area contributed by atoms with Crippen LogP contribution in [0.3, 0.4) is 0 Å². The molecule has 0 rings (SSSR count). The van der Waals surface area contributed by atoms with Gasteiger partial charge in [-0.1, -0.05) is 26.0 Å². The second-order valence-corrected chi connectivity index (χ2v) is 3.46. The lowest BCUT2D eigenvalue weighted by atomic mass is 10.2. The first-order chi connectivity index (χ1) is 5.49. The summed E-state index contributed by atoms with van der Waals surface area (Å²) in [7, 11) is 0. The third-order valence-corrected chi connectivity index (χ3v) is 1.65. The molecular formula is C10H19NO. The molecule has 1 amide bonds. The number of hydrogen-bond acceptors (Lipinski definition) is 1. The van der Waals surface area contributed by atoms with Gasteiger partial charge in [-0.15, -0.1) is 0 Å². The van der Waals surface area contributed by atoms with Gasteiger partial charge in [0.15, 0.2) is 0 Å². The molecule has 0 heterocycles. The lowest BCUT2D eigenvalue weighted by molar-refractivity contribution is -0.133. The molecule has 0 fully saturated rings. The Labute approximate surface area is 75.3 Å². The first-order valence-electron chi connectivity index (χ1n) is 4.42. The van der Waals surface area contributed by atoms with E-state index >= 15 is 0 Å². The molecule has 0 radical (unpaired) electrons. The predicted molar refractivity (Wildman–Crippen MR) is 51.9 cm³/mol. The molecule has 0 aliphatic carbocycles. The summed E-state index contributed by atoms with van der Waals surface area (Å²) >= 11 is 0. The van der Waals surface area contributed by atoms with Crippen molar-refractivity contribution < 1.29 is 4.79 Å². The van der Waals surface area contributed by atoms with Crippen LogP contribution < -0.4 is 0 Å². The Morgan fingerprint density at radius 3 is 2.25 bits per heavy atom. The molecule has 0 unspecified atom stereocenters. The van der Waals surface area contributed by atoms with Crippen LogP contribution in [0.4, 0.5) is 0 Å². The Kier molecular flexibility index (Phi) is 4.64. The van der Waals surface area contributed by atoms with Crippen molar-refractivity contribution in [3.8, 4) is 0 Å². The van der Waals surface area contributed by atoms with Crippen molar-refractivity contribution in [3.05, 3.63) is 12.2 Å². The number of carbonyl (C=O) groups excluding carboxylic acids is 1. The Hall–Kier alpha value is -0.790. The van der Waals surface area contributed by atoms with Crippen LogP contribution in [0.15, 0.2) is 12.2 Å². The Bertz CT molecular complexity index is 173. The van der Waals surface area contributed by atoms with Crippen molar-refractivity contribution in [2.75, 3.05) is 13.1 Å². The summed E-state index contributed by atoms with van der Waals surface area (Å²) in [5.41, 5.74) is 1.03. The number of amides is 1. The first kappa shape index (κ1) is 11.2. The number of nitrogens with zero attached hydrogens (tertiary/aromatic N) is 1. The summed E-state index contributed by atoms with van der Waals surface area (Å²) in [5, 5.41) is 0. The maximum Gasteiger partial charge on any atom is 0.225 e. The number of rotatable bonds is 4. The van der Waals surface area contributed by atoms with E-state index in [1.54, 1.807) is 0 Å². The third kappa shape index (κ3) is 3.56. The van der Waals surface area contributed by atoms with Crippen LogP contribution in [0.25, 0.3) is 0 Å². The van der Waals surface area contributed by atoms with E-state index in [4.69, 9.17) is 0 Å². The standard InChI is InChI=1S/C10H19NO/c1-6-11(7-8(2)3)10(12)9(4)5/h9H,2,6-7H2,1,3-5H3. The molecule has 70 valence electrons. The van der Waals surface area contributed by atoms with E-state index in [2.05, 4.69) is 6.58 Å². The van der Waals surface area contributed by atoms with Gasteiger partial charge in [-0.2, -0.15) is 0 Å². The number of hydrogen-bond donors (Lipinski definition) is 0. The Balaban J connectivity index is 4.15. The van der Waals surface area contributed by atoms with Crippen LogP contribution in [0, 0.1) is 5.92 Å². The van der Waals surface area contributed by atoms with Crippen LogP contribution in [0.1, 0.15) is 27.7 Å². The third-order valence-electron chi connectivity index (χ3n) is 1.65. The van der Waals surface area contributed by atoms with E-state index in [0.717, 1.165) is 12.1 Å². The zero-order chi connectivity index (χ0) is 9.72. The highest BCUT2D eigenvalue weighted by atomic mass is 16.2. The average molecular weight is 169 g/mol. The molecule has 0 N–H and O–H groups in total. The van der Waals surface area contributed by atoms with Crippen molar-refractivity contribution in [1.29, 1.82) is 0 Å². The highest BCUT2D eigenvalue weighted by Crippen LogP contribution is 2.03. The quantitative estimate of drug-likeness (QED) is 0.590. The molecule has 2 heteroatoms. The summed E-state index contributed by atoms with van der Waals surface area (Å²) in [5.74, 6) is 0.296. The zero-order valence-corrected chi connectivity index (χ0v) is 8.55. The lowest BCUT2D eigenvalue weighted by Crippen LogP contribution is -2.35. The average Bonchev–Trinajstić information content (AvgIpc) is 1.98. The topological polar surface area (TPSA) is 20.3 Å². The maximum absolute atomic E-state index is 11.5. The molecule has 2 nitrogen and oxygen atoms in total. The van der Waals surface area contributed by atoms with Gasteiger partial charge >= 0.3 is 0 Å². The monoisotopic (exact) mass is 169 g/mol. The van der Waals surface area contributed by atoms with E-state index < -0.39 is 0 Å². The predicted octanol–water partition coefficient (Wildman–Crippen LogP) is 2.07. The van der Waals surface area contributed by atoms with Crippen molar-refractivity contribution in [3.63, 3.8) is 0 Å². The molecule has 0 spiro atoms. The molecule has 0 aromatic carbocycles. The van der Waals surface area contributed by atoms with Gasteiger partial charge in [0.2, 0.25) is 5.91 Å². The smallest absolute Gasteiger partial charge is 0.225 e. The van der Waals surface area contributed by atoms with Gasteiger partial charge in [-0.05, 0) is 13.8 Å². The zero-order valence-electron chi connectivity index (χ0n) is 8.55. The molecule has 0 saturated heterocycles.